The maximum atomic E-state index is 9.19. The van der Waals surface area contributed by atoms with Gasteiger partial charge < -0.3 is 10.1 Å². The summed E-state index contributed by atoms with van der Waals surface area (Å²) in [7, 11) is 0. The van der Waals surface area contributed by atoms with Crippen molar-refractivity contribution in [2.45, 2.75) is 37.7 Å². The van der Waals surface area contributed by atoms with Crippen molar-refractivity contribution in [1.82, 2.24) is 5.32 Å². The van der Waals surface area contributed by atoms with Gasteiger partial charge in [-0.3, -0.25) is 0 Å². The Bertz CT molecular complexity index is 222. The molecule has 0 aromatic heterocycles. The SMILES string of the molecule is N#CC1(CC2CCCC2)CNCCO1. The summed E-state index contributed by atoms with van der Waals surface area (Å²) in [6, 6.07) is 2.36. The molecule has 1 atom stereocenters. The molecule has 0 amide bonds. The summed E-state index contributed by atoms with van der Waals surface area (Å²) in [5.74, 6) is 0.717. The molecular weight excluding hydrogens is 176 g/mol. The van der Waals surface area contributed by atoms with E-state index in [2.05, 4.69) is 11.4 Å². The van der Waals surface area contributed by atoms with Crippen LogP contribution in [0.1, 0.15) is 32.1 Å². The third kappa shape index (κ3) is 2.08. The highest BCUT2D eigenvalue weighted by atomic mass is 16.5. The summed E-state index contributed by atoms with van der Waals surface area (Å²) in [4.78, 5) is 0. The van der Waals surface area contributed by atoms with Crippen LogP contribution in [0.5, 0.6) is 0 Å². The Balaban J connectivity index is 1.93. The lowest BCUT2D eigenvalue weighted by Gasteiger charge is -2.33. The van der Waals surface area contributed by atoms with E-state index in [0.29, 0.717) is 13.2 Å². The monoisotopic (exact) mass is 194 g/mol. The number of hydrogen-bond donors (Lipinski definition) is 1. The molecule has 78 valence electrons. The molecule has 1 aliphatic carbocycles. The summed E-state index contributed by atoms with van der Waals surface area (Å²) in [5.41, 5.74) is -0.521. The first-order valence-corrected chi connectivity index (χ1v) is 5.61. The van der Waals surface area contributed by atoms with E-state index >= 15 is 0 Å². The second-order valence-electron chi connectivity index (χ2n) is 4.49. The molecule has 3 heteroatoms. The molecule has 0 aromatic carbocycles. The van der Waals surface area contributed by atoms with Gasteiger partial charge >= 0.3 is 0 Å². The van der Waals surface area contributed by atoms with Crippen LogP contribution in [0.4, 0.5) is 0 Å². The lowest BCUT2D eigenvalue weighted by atomic mass is 9.89. The molecule has 14 heavy (non-hydrogen) atoms. The fourth-order valence-electron chi connectivity index (χ4n) is 2.59. The van der Waals surface area contributed by atoms with Crippen molar-refractivity contribution in [3.05, 3.63) is 0 Å². The van der Waals surface area contributed by atoms with Gasteiger partial charge in [-0.2, -0.15) is 5.26 Å². The van der Waals surface area contributed by atoms with E-state index in [9.17, 15) is 5.26 Å². The minimum atomic E-state index is -0.521. The average molecular weight is 194 g/mol. The molecule has 1 heterocycles. The number of nitriles is 1. The van der Waals surface area contributed by atoms with Crippen LogP contribution in [0.25, 0.3) is 0 Å². The largest absolute Gasteiger partial charge is 0.357 e. The Morgan fingerprint density at radius 1 is 1.43 bits per heavy atom. The molecule has 2 rings (SSSR count). The number of morpholine rings is 1. The van der Waals surface area contributed by atoms with Crippen LogP contribution >= 0.6 is 0 Å². The highest BCUT2D eigenvalue weighted by Crippen LogP contribution is 2.33. The number of nitrogens with zero attached hydrogens (tertiary/aromatic N) is 1. The van der Waals surface area contributed by atoms with E-state index in [0.717, 1.165) is 18.9 Å². The second kappa shape index (κ2) is 4.29. The van der Waals surface area contributed by atoms with E-state index < -0.39 is 5.60 Å². The van der Waals surface area contributed by atoms with Gasteiger partial charge in [-0.25, -0.2) is 0 Å². The van der Waals surface area contributed by atoms with Crippen LogP contribution in [0.15, 0.2) is 0 Å². The first-order valence-electron chi connectivity index (χ1n) is 5.61. The predicted octanol–water partition coefficient (Wildman–Crippen LogP) is 1.45. The zero-order chi connectivity index (χ0) is 9.86. The molecule has 0 bridgehead atoms. The molecule has 2 aliphatic rings. The fourth-order valence-corrected chi connectivity index (χ4v) is 2.59. The zero-order valence-corrected chi connectivity index (χ0v) is 8.59. The first kappa shape index (κ1) is 9.95. The summed E-state index contributed by atoms with van der Waals surface area (Å²) < 4.78 is 5.65. The Morgan fingerprint density at radius 2 is 2.21 bits per heavy atom. The average Bonchev–Trinajstić information content (AvgIpc) is 2.72. The van der Waals surface area contributed by atoms with Crippen molar-refractivity contribution in [3.63, 3.8) is 0 Å². The van der Waals surface area contributed by atoms with Crippen molar-refractivity contribution in [2.24, 2.45) is 5.92 Å². The molecule has 0 radical (unpaired) electrons. The molecule has 1 saturated carbocycles. The van der Waals surface area contributed by atoms with Gasteiger partial charge in [0.2, 0.25) is 0 Å². The minimum absolute atomic E-state index is 0.521. The van der Waals surface area contributed by atoms with Gasteiger partial charge in [-0.05, 0) is 12.3 Å². The van der Waals surface area contributed by atoms with Gasteiger partial charge in [0.25, 0.3) is 0 Å². The summed E-state index contributed by atoms with van der Waals surface area (Å²) >= 11 is 0. The topological polar surface area (TPSA) is 45.0 Å². The molecule has 1 N–H and O–H groups in total. The fraction of sp³-hybridized carbons (Fsp3) is 0.909. The smallest absolute Gasteiger partial charge is 0.166 e. The third-order valence-corrected chi connectivity index (χ3v) is 3.36. The predicted molar refractivity (Wildman–Crippen MR) is 53.7 cm³/mol. The Labute approximate surface area is 85.4 Å². The van der Waals surface area contributed by atoms with E-state index in [1.54, 1.807) is 0 Å². The van der Waals surface area contributed by atoms with Crippen LogP contribution in [-0.4, -0.2) is 25.3 Å². The molecule has 2 fully saturated rings. The van der Waals surface area contributed by atoms with Gasteiger partial charge in [0.15, 0.2) is 5.60 Å². The number of rotatable bonds is 2. The van der Waals surface area contributed by atoms with Gasteiger partial charge in [0, 0.05) is 13.1 Å². The number of nitrogens with one attached hydrogen (secondary N) is 1. The van der Waals surface area contributed by atoms with Crippen LogP contribution in [-0.2, 0) is 4.74 Å². The Kier molecular flexibility index (Phi) is 3.05. The zero-order valence-electron chi connectivity index (χ0n) is 8.59. The van der Waals surface area contributed by atoms with Crippen molar-refractivity contribution < 1.29 is 4.74 Å². The molecule has 3 nitrogen and oxygen atoms in total. The Morgan fingerprint density at radius 3 is 2.79 bits per heavy atom. The molecule has 0 aromatic rings. The molecule has 1 unspecified atom stereocenters. The first-order chi connectivity index (χ1) is 6.85. The highest BCUT2D eigenvalue weighted by Gasteiger charge is 2.36. The second-order valence-corrected chi connectivity index (χ2v) is 4.49. The quantitative estimate of drug-likeness (QED) is 0.723. The van der Waals surface area contributed by atoms with Gasteiger partial charge in [-0.1, -0.05) is 25.7 Å². The van der Waals surface area contributed by atoms with Gasteiger partial charge in [0.05, 0.1) is 12.7 Å². The molecule has 0 spiro atoms. The number of hydrogen-bond acceptors (Lipinski definition) is 3. The standard InChI is InChI=1S/C11H18N2O/c12-8-11(9-13-5-6-14-11)7-10-3-1-2-4-10/h10,13H,1-7,9H2. The maximum Gasteiger partial charge on any atom is 0.166 e. The van der Waals surface area contributed by atoms with E-state index in [1.807, 2.05) is 0 Å². The summed E-state index contributed by atoms with van der Waals surface area (Å²) in [6.45, 7) is 2.27. The van der Waals surface area contributed by atoms with Gasteiger partial charge in [-0.15, -0.1) is 0 Å². The van der Waals surface area contributed by atoms with Crippen molar-refractivity contribution in [1.29, 1.82) is 5.26 Å². The molecule has 1 saturated heterocycles. The van der Waals surface area contributed by atoms with Crippen LogP contribution in [0, 0.1) is 17.2 Å². The third-order valence-electron chi connectivity index (χ3n) is 3.36. The lowest BCUT2D eigenvalue weighted by molar-refractivity contribution is -0.0393. The van der Waals surface area contributed by atoms with Crippen LogP contribution in [0.2, 0.25) is 0 Å². The molecular formula is C11H18N2O. The van der Waals surface area contributed by atoms with E-state index in [-0.39, 0.29) is 0 Å². The maximum absolute atomic E-state index is 9.19. The summed E-state index contributed by atoms with van der Waals surface area (Å²) in [5, 5.41) is 12.4. The van der Waals surface area contributed by atoms with Crippen molar-refractivity contribution in [3.8, 4) is 6.07 Å². The Hall–Kier alpha value is -0.590. The van der Waals surface area contributed by atoms with Gasteiger partial charge in [0.1, 0.15) is 0 Å². The lowest BCUT2D eigenvalue weighted by Crippen LogP contribution is -2.49. The van der Waals surface area contributed by atoms with Crippen LogP contribution in [0.3, 0.4) is 0 Å². The van der Waals surface area contributed by atoms with Crippen molar-refractivity contribution in [2.75, 3.05) is 19.7 Å². The normalized spacial score (nSPS) is 34.2. The van der Waals surface area contributed by atoms with E-state index in [4.69, 9.17) is 4.74 Å². The van der Waals surface area contributed by atoms with Crippen molar-refractivity contribution >= 4 is 0 Å². The molecule has 1 aliphatic heterocycles. The minimum Gasteiger partial charge on any atom is -0.357 e. The summed E-state index contributed by atoms with van der Waals surface area (Å²) in [6.07, 6.45) is 6.16. The van der Waals surface area contributed by atoms with Crippen LogP contribution < -0.4 is 5.32 Å². The van der Waals surface area contributed by atoms with E-state index in [1.165, 1.54) is 25.7 Å². The highest BCUT2D eigenvalue weighted by molar-refractivity contribution is 5.06. The number of ether oxygens (including phenoxy) is 1.